The lowest BCUT2D eigenvalue weighted by Crippen LogP contribution is -2.48. The SMILES string of the molecule is COCCn1nc(NC2[C@@H]3CC[C@H]2CN(c2cc(C)ncn2)C3)nc1Oc1ccc(F)c(Cl)c1. The number of hydrogen-bond acceptors (Lipinski definition) is 8. The fourth-order valence-electron chi connectivity index (χ4n) is 4.84. The molecule has 1 unspecified atom stereocenters. The van der Waals surface area contributed by atoms with Crippen molar-refractivity contribution >= 4 is 23.4 Å². The molecule has 3 heterocycles. The zero-order valence-corrected chi connectivity index (χ0v) is 19.9. The van der Waals surface area contributed by atoms with Crippen molar-refractivity contribution in [2.45, 2.75) is 32.4 Å². The van der Waals surface area contributed by atoms with Gasteiger partial charge < -0.3 is 19.7 Å². The van der Waals surface area contributed by atoms with Crippen LogP contribution in [0.25, 0.3) is 0 Å². The highest BCUT2D eigenvalue weighted by molar-refractivity contribution is 6.30. The first kappa shape index (κ1) is 22.8. The summed E-state index contributed by atoms with van der Waals surface area (Å²) in [7, 11) is 1.63. The zero-order valence-electron chi connectivity index (χ0n) is 19.1. The van der Waals surface area contributed by atoms with Gasteiger partial charge in [-0.05, 0) is 43.7 Å². The molecule has 1 aromatic carbocycles. The van der Waals surface area contributed by atoms with Crippen LogP contribution in [0.4, 0.5) is 16.2 Å². The number of anilines is 2. The lowest BCUT2D eigenvalue weighted by molar-refractivity contribution is 0.179. The van der Waals surface area contributed by atoms with E-state index in [1.165, 1.54) is 18.2 Å². The van der Waals surface area contributed by atoms with Crippen LogP contribution in [0.15, 0.2) is 30.6 Å². The van der Waals surface area contributed by atoms with E-state index in [0.29, 0.717) is 42.7 Å². The number of benzene rings is 1. The third-order valence-electron chi connectivity index (χ3n) is 6.49. The number of hydrogen-bond donors (Lipinski definition) is 1. The van der Waals surface area contributed by atoms with Crippen molar-refractivity contribution in [1.82, 2.24) is 24.7 Å². The van der Waals surface area contributed by atoms with Crippen molar-refractivity contribution in [3.63, 3.8) is 0 Å². The number of rotatable bonds is 8. The van der Waals surface area contributed by atoms with Crippen LogP contribution in [0.5, 0.6) is 11.8 Å². The summed E-state index contributed by atoms with van der Waals surface area (Å²) in [6.07, 6.45) is 3.92. The topological polar surface area (TPSA) is 90.2 Å². The minimum Gasteiger partial charge on any atom is -0.424 e. The van der Waals surface area contributed by atoms with Gasteiger partial charge in [-0.2, -0.15) is 4.98 Å². The van der Waals surface area contributed by atoms with Crippen molar-refractivity contribution in [3.05, 3.63) is 47.1 Å². The Bertz CT molecular complexity index is 1150. The van der Waals surface area contributed by atoms with Gasteiger partial charge in [-0.15, -0.1) is 5.10 Å². The van der Waals surface area contributed by atoms with Crippen LogP contribution >= 0.6 is 11.6 Å². The molecule has 2 fully saturated rings. The molecule has 0 spiro atoms. The normalized spacial score (nSPS) is 21.6. The van der Waals surface area contributed by atoms with Gasteiger partial charge in [0.2, 0.25) is 5.95 Å². The molecule has 1 aliphatic heterocycles. The minimum absolute atomic E-state index is 0.0129. The molecule has 2 bridgehead atoms. The Hall–Kier alpha value is -2.98. The van der Waals surface area contributed by atoms with Crippen LogP contribution < -0.4 is 15.0 Å². The lowest BCUT2D eigenvalue weighted by atomic mass is 9.92. The van der Waals surface area contributed by atoms with Gasteiger partial charge in [-0.1, -0.05) is 11.6 Å². The van der Waals surface area contributed by atoms with E-state index >= 15 is 0 Å². The number of aryl methyl sites for hydroxylation is 1. The summed E-state index contributed by atoms with van der Waals surface area (Å²) in [5, 5.41) is 8.16. The number of fused-ring (bicyclic) bond motifs is 2. The number of nitrogens with zero attached hydrogens (tertiary/aromatic N) is 6. The molecule has 11 heteroatoms. The van der Waals surface area contributed by atoms with Gasteiger partial charge in [0.05, 0.1) is 18.2 Å². The number of ether oxygens (including phenoxy) is 2. The number of piperidine rings is 1. The van der Waals surface area contributed by atoms with Gasteiger partial charge in [0.1, 0.15) is 23.7 Å². The highest BCUT2D eigenvalue weighted by Gasteiger charge is 2.43. The van der Waals surface area contributed by atoms with E-state index in [4.69, 9.17) is 21.1 Å². The molecular weight excluding hydrogens is 461 g/mol. The number of nitrogens with one attached hydrogen (secondary N) is 1. The Morgan fingerprint density at radius 2 is 1.97 bits per heavy atom. The average Bonchev–Trinajstić information content (AvgIpc) is 3.29. The summed E-state index contributed by atoms with van der Waals surface area (Å²) >= 11 is 5.90. The van der Waals surface area contributed by atoms with Crippen LogP contribution in [-0.2, 0) is 11.3 Å². The van der Waals surface area contributed by atoms with E-state index in [-0.39, 0.29) is 11.1 Å². The monoisotopic (exact) mass is 487 g/mol. The molecule has 1 saturated carbocycles. The molecule has 1 N–H and O–H groups in total. The summed E-state index contributed by atoms with van der Waals surface area (Å²) in [4.78, 5) is 15.6. The molecule has 1 saturated heterocycles. The third-order valence-corrected chi connectivity index (χ3v) is 6.78. The smallest absolute Gasteiger partial charge is 0.322 e. The second kappa shape index (κ2) is 9.71. The third kappa shape index (κ3) is 4.78. The van der Waals surface area contributed by atoms with Gasteiger partial charge >= 0.3 is 6.01 Å². The van der Waals surface area contributed by atoms with Crippen LogP contribution in [0.1, 0.15) is 18.5 Å². The van der Waals surface area contributed by atoms with Crippen molar-refractivity contribution in [2.24, 2.45) is 11.8 Å². The Labute approximate surface area is 202 Å². The molecule has 2 aromatic heterocycles. The van der Waals surface area contributed by atoms with E-state index in [1.54, 1.807) is 18.1 Å². The molecule has 5 rings (SSSR count). The van der Waals surface area contributed by atoms with Crippen LogP contribution in [0, 0.1) is 24.6 Å². The van der Waals surface area contributed by atoms with Crippen molar-refractivity contribution in [2.75, 3.05) is 37.0 Å². The minimum atomic E-state index is -0.504. The second-order valence-electron chi connectivity index (χ2n) is 8.80. The molecule has 2 aliphatic rings. The maximum absolute atomic E-state index is 13.5. The lowest BCUT2D eigenvalue weighted by Gasteiger charge is -2.38. The Morgan fingerprint density at radius 1 is 1.18 bits per heavy atom. The first-order valence-electron chi connectivity index (χ1n) is 11.4. The first-order chi connectivity index (χ1) is 16.5. The van der Waals surface area contributed by atoms with Crippen molar-refractivity contribution in [3.8, 4) is 11.8 Å². The van der Waals surface area contributed by atoms with Gasteiger partial charge in [0.15, 0.2) is 0 Å². The van der Waals surface area contributed by atoms with Crippen LogP contribution in [0.2, 0.25) is 5.02 Å². The summed E-state index contributed by atoms with van der Waals surface area (Å²) in [6.45, 7) is 4.75. The summed E-state index contributed by atoms with van der Waals surface area (Å²) < 4.78 is 26.3. The fourth-order valence-corrected chi connectivity index (χ4v) is 5.01. The van der Waals surface area contributed by atoms with E-state index in [9.17, 15) is 4.39 Å². The van der Waals surface area contributed by atoms with E-state index < -0.39 is 5.82 Å². The predicted molar refractivity (Wildman–Crippen MR) is 126 cm³/mol. The fraction of sp³-hybridized carbons (Fsp3) is 0.478. The van der Waals surface area contributed by atoms with Gasteiger partial charge in [-0.25, -0.2) is 19.0 Å². The van der Waals surface area contributed by atoms with E-state index in [2.05, 4.69) is 30.3 Å². The van der Waals surface area contributed by atoms with Gasteiger partial charge in [0, 0.05) is 44.1 Å². The molecule has 0 radical (unpaired) electrons. The number of halogens is 2. The Morgan fingerprint density at radius 3 is 2.68 bits per heavy atom. The first-order valence-corrected chi connectivity index (χ1v) is 11.7. The predicted octanol–water partition coefficient (Wildman–Crippen LogP) is 3.93. The molecule has 9 nitrogen and oxygen atoms in total. The zero-order chi connectivity index (χ0) is 23.7. The summed E-state index contributed by atoms with van der Waals surface area (Å²) in [5.74, 6) is 2.29. The summed E-state index contributed by atoms with van der Waals surface area (Å²) in [5.41, 5.74) is 0.971. The quantitative estimate of drug-likeness (QED) is 0.511. The highest BCUT2D eigenvalue weighted by atomic mass is 35.5. The number of methoxy groups -OCH3 is 1. The maximum Gasteiger partial charge on any atom is 0.322 e. The molecule has 3 aromatic rings. The standard InChI is InChI=1S/C23H27ClFN7O2/c1-14-9-20(27-13-26-14)31-11-15-3-4-16(12-31)21(15)28-22-29-23(32(30-22)7-8-33-2)34-17-5-6-19(25)18(24)10-17/h5-6,9-10,13,15-16,21H,3-4,7-8,11-12H2,1-2H3,(H,28,30)/t15-,16+,21?. The molecule has 0 amide bonds. The molecule has 1 aliphatic carbocycles. The van der Waals surface area contributed by atoms with Crippen LogP contribution in [0.3, 0.4) is 0 Å². The van der Waals surface area contributed by atoms with E-state index in [0.717, 1.165) is 37.4 Å². The highest BCUT2D eigenvalue weighted by Crippen LogP contribution is 2.40. The van der Waals surface area contributed by atoms with Crippen molar-refractivity contribution in [1.29, 1.82) is 0 Å². The van der Waals surface area contributed by atoms with Gasteiger partial charge in [0.25, 0.3) is 0 Å². The Kier molecular flexibility index (Phi) is 6.51. The maximum atomic E-state index is 13.5. The molecule has 180 valence electrons. The largest absolute Gasteiger partial charge is 0.424 e. The molecule has 3 atom stereocenters. The van der Waals surface area contributed by atoms with E-state index in [1.807, 2.05) is 13.0 Å². The van der Waals surface area contributed by atoms with Gasteiger partial charge in [-0.3, -0.25) is 0 Å². The second-order valence-corrected chi connectivity index (χ2v) is 9.21. The van der Waals surface area contributed by atoms with Crippen LogP contribution in [-0.4, -0.2) is 57.6 Å². The molecular formula is C23H27ClFN7O2. The average molecular weight is 488 g/mol. The number of aromatic nitrogens is 5. The molecule has 34 heavy (non-hydrogen) atoms. The Balaban J connectivity index is 1.31. The van der Waals surface area contributed by atoms with Crippen molar-refractivity contribution < 1.29 is 13.9 Å². The summed E-state index contributed by atoms with van der Waals surface area (Å²) in [6, 6.07) is 6.79.